The van der Waals surface area contributed by atoms with Gasteiger partial charge in [0.05, 0.1) is 23.3 Å². The Hall–Kier alpha value is -2.69. The van der Waals surface area contributed by atoms with Crippen molar-refractivity contribution < 1.29 is 14.3 Å². The Morgan fingerprint density at radius 1 is 1.05 bits per heavy atom. The number of anilines is 1. The van der Waals surface area contributed by atoms with E-state index in [2.05, 4.69) is 25.9 Å². The fourth-order valence-corrected chi connectivity index (χ4v) is 6.07. The number of imidazole rings is 1. The normalized spacial score (nSPS) is 22.2. The highest BCUT2D eigenvalue weighted by atomic mass is 16.5. The molecule has 1 aliphatic carbocycles. The Bertz CT molecular complexity index is 1160. The number of imide groups is 1. The smallest absolute Gasteiger partial charge is 0.329 e. The highest BCUT2D eigenvalue weighted by molar-refractivity contribution is 6.00. The third kappa shape index (κ3) is 6.47. The van der Waals surface area contributed by atoms with Gasteiger partial charge >= 0.3 is 5.69 Å². The first kappa shape index (κ1) is 28.3. The molecule has 3 aliphatic rings. The quantitative estimate of drug-likeness (QED) is 0.551. The largest absolute Gasteiger partial charge is 0.383 e. The van der Waals surface area contributed by atoms with Crippen LogP contribution >= 0.6 is 0 Å². The van der Waals surface area contributed by atoms with Crippen LogP contribution in [0, 0.1) is 5.92 Å². The molecule has 3 fully saturated rings. The van der Waals surface area contributed by atoms with Gasteiger partial charge in [0.15, 0.2) is 0 Å². The molecule has 38 heavy (non-hydrogen) atoms. The van der Waals surface area contributed by atoms with Gasteiger partial charge in [-0.1, -0.05) is 25.3 Å². The standard InChI is InChI=1S/C24H33N5O3.C4H11NO/c1-26-22-18(28-14-12-27(13-15-28)16-17-6-3-2-4-7-17)8-5-9-19(22)29(24(26)32)20-10-11-21(30)25-23(20)31;1-4(5)3-6-2/h5,8-9,17,20H,2-4,6-7,10-16H2,1H3,(H,25,30,31);4H,3,5H2,1-2H3. The number of amides is 2. The maximum absolute atomic E-state index is 13.2. The van der Waals surface area contributed by atoms with Crippen molar-refractivity contribution in [2.75, 3.05) is 51.3 Å². The predicted molar refractivity (Wildman–Crippen MR) is 149 cm³/mol. The molecule has 10 nitrogen and oxygen atoms in total. The Labute approximate surface area is 225 Å². The molecule has 1 aromatic carbocycles. The van der Waals surface area contributed by atoms with Gasteiger partial charge in [-0.25, -0.2) is 4.79 Å². The summed E-state index contributed by atoms with van der Waals surface area (Å²) < 4.78 is 7.90. The number of aryl methyl sites for hydroxylation is 1. The molecule has 2 unspecified atom stereocenters. The van der Waals surface area contributed by atoms with Gasteiger partial charge in [0.25, 0.3) is 0 Å². The van der Waals surface area contributed by atoms with Crippen LogP contribution in [0.3, 0.4) is 0 Å². The summed E-state index contributed by atoms with van der Waals surface area (Å²) >= 11 is 0. The summed E-state index contributed by atoms with van der Waals surface area (Å²) in [6, 6.07) is 5.48. The van der Waals surface area contributed by atoms with Crippen LogP contribution in [0.15, 0.2) is 23.0 Å². The summed E-state index contributed by atoms with van der Waals surface area (Å²) in [6.07, 6.45) is 7.50. The first-order valence-electron chi connectivity index (χ1n) is 14.1. The molecule has 2 aliphatic heterocycles. The third-order valence-electron chi connectivity index (χ3n) is 7.99. The monoisotopic (exact) mass is 528 g/mol. The lowest BCUT2D eigenvalue weighted by Gasteiger charge is -2.38. The van der Waals surface area contributed by atoms with Crippen LogP contribution in [0.2, 0.25) is 0 Å². The molecule has 10 heteroatoms. The highest BCUT2D eigenvalue weighted by Gasteiger charge is 2.32. The fourth-order valence-electron chi connectivity index (χ4n) is 6.07. The van der Waals surface area contributed by atoms with Crippen molar-refractivity contribution in [3.63, 3.8) is 0 Å². The van der Waals surface area contributed by atoms with E-state index in [9.17, 15) is 14.4 Å². The SMILES string of the molecule is COCC(C)N.Cn1c(=O)n(C2CCC(=O)NC2=O)c2cccc(N3CCN(CC4CCCCC4)CC3)c21. The molecule has 1 aromatic heterocycles. The summed E-state index contributed by atoms with van der Waals surface area (Å²) in [7, 11) is 3.42. The van der Waals surface area contributed by atoms with E-state index in [0.29, 0.717) is 13.0 Å². The summed E-state index contributed by atoms with van der Waals surface area (Å²) in [5, 5.41) is 2.38. The van der Waals surface area contributed by atoms with Crippen LogP contribution in [0.1, 0.15) is 57.9 Å². The zero-order chi connectivity index (χ0) is 27.2. The Kier molecular flexibility index (Phi) is 9.62. The maximum atomic E-state index is 13.2. The molecule has 2 aromatic rings. The van der Waals surface area contributed by atoms with Gasteiger partial charge in [-0.3, -0.25) is 28.9 Å². The highest BCUT2D eigenvalue weighted by Crippen LogP contribution is 2.31. The zero-order valence-electron chi connectivity index (χ0n) is 23.2. The van der Waals surface area contributed by atoms with E-state index in [1.807, 2.05) is 19.1 Å². The zero-order valence-corrected chi connectivity index (χ0v) is 23.2. The number of ether oxygens (including phenoxy) is 1. The van der Waals surface area contributed by atoms with E-state index in [-0.39, 0.29) is 24.1 Å². The summed E-state index contributed by atoms with van der Waals surface area (Å²) in [5.74, 6) is 0.186. The van der Waals surface area contributed by atoms with Gasteiger partial charge < -0.3 is 15.4 Å². The lowest BCUT2D eigenvalue weighted by molar-refractivity contribution is -0.135. The molecule has 2 saturated heterocycles. The number of nitrogens with one attached hydrogen (secondary N) is 1. The molecule has 5 rings (SSSR count). The van der Waals surface area contributed by atoms with E-state index >= 15 is 0 Å². The van der Waals surface area contributed by atoms with Crippen LogP contribution in [-0.4, -0.2) is 78.3 Å². The molecule has 2 atom stereocenters. The van der Waals surface area contributed by atoms with Gasteiger partial charge in [-0.05, 0) is 44.2 Å². The number of nitrogens with zero attached hydrogens (tertiary/aromatic N) is 4. The summed E-state index contributed by atoms with van der Waals surface area (Å²) in [6.45, 7) is 7.71. The van der Waals surface area contributed by atoms with E-state index in [4.69, 9.17) is 5.73 Å². The number of nitrogens with two attached hydrogens (primary N) is 1. The Balaban J connectivity index is 0.000000505. The summed E-state index contributed by atoms with van der Waals surface area (Å²) in [4.78, 5) is 42.2. The topological polar surface area (TPSA) is 115 Å². The molecule has 0 spiro atoms. The van der Waals surface area contributed by atoms with Crippen molar-refractivity contribution >= 4 is 28.5 Å². The van der Waals surface area contributed by atoms with E-state index < -0.39 is 11.9 Å². The number of hydrogen-bond acceptors (Lipinski definition) is 7. The number of piperidine rings is 1. The Morgan fingerprint density at radius 2 is 1.76 bits per heavy atom. The number of hydrogen-bond donors (Lipinski definition) is 2. The van der Waals surface area contributed by atoms with E-state index in [1.165, 1.54) is 38.6 Å². The van der Waals surface area contributed by atoms with Crippen LogP contribution in [0.25, 0.3) is 11.0 Å². The molecule has 0 radical (unpaired) electrons. The lowest BCUT2D eigenvalue weighted by Crippen LogP contribution is -2.48. The molecule has 1 saturated carbocycles. The minimum Gasteiger partial charge on any atom is -0.383 e. The van der Waals surface area contributed by atoms with Gasteiger partial charge in [-0.15, -0.1) is 0 Å². The van der Waals surface area contributed by atoms with E-state index in [1.54, 1.807) is 23.3 Å². The lowest BCUT2D eigenvalue weighted by atomic mass is 9.89. The average Bonchev–Trinajstić information content (AvgIpc) is 3.15. The van der Waals surface area contributed by atoms with Crippen molar-refractivity contribution in [3.8, 4) is 0 Å². The molecule has 210 valence electrons. The molecule has 3 N–H and O–H groups in total. The number of para-hydroxylation sites is 1. The number of carbonyl (C=O) groups is 2. The fraction of sp³-hybridized carbons (Fsp3) is 0.679. The second-order valence-electron chi connectivity index (χ2n) is 11.0. The number of aromatic nitrogens is 2. The van der Waals surface area contributed by atoms with Crippen LogP contribution < -0.4 is 21.6 Å². The third-order valence-corrected chi connectivity index (χ3v) is 7.99. The number of fused-ring (bicyclic) bond motifs is 1. The van der Waals surface area contributed by atoms with E-state index in [0.717, 1.165) is 48.8 Å². The second-order valence-corrected chi connectivity index (χ2v) is 11.0. The van der Waals surface area contributed by atoms with Crippen molar-refractivity contribution in [2.24, 2.45) is 18.7 Å². The molecular formula is C28H44N6O4. The molecular weight excluding hydrogens is 484 g/mol. The minimum absolute atomic E-state index is 0.176. The number of benzene rings is 1. The first-order chi connectivity index (χ1) is 18.3. The van der Waals surface area contributed by atoms with Crippen molar-refractivity contribution in [1.82, 2.24) is 19.4 Å². The van der Waals surface area contributed by atoms with Gasteiger partial charge in [0.1, 0.15) is 6.04 Å². The minimum atomic E-state index is -0.647. The number of piperazine rings is 1. The molecule has 0 bridgehead atoms. The average molecular weight is 529 g/mol. The Morgan fingerprint density at radius 3 is 2.37 bits per heavy atom. The van der Waals surface area contributed by atoms with Crippen molar-refractivity contribution in [1.29, 1.82) is 0 Å². The maximum Gasteiger partial charge on any atom is 0.329 e. The van der Waals surface area contributed by atoms with Crippen LogP contribution in [0.5, 0.6) is 0 Å². The second kappa shape index (κ2) is 12.9. The van der Waals surface area contributed by atoms with Crippen molar-refractivity contribution in [3.05, 3.63) is 28.7 Å². The van der Waals surface area contributed by atoms with Crippen molar-refractivity contribution in [2.45, 2.75) is 64.0 Å². The molecule has 2 amide bonds. The number of methoxy groups -OCH3 is 1. The number of carbonyl (C=O) groups excluding carboxylic acids is 2. The predicted octanol–water partition coefficient (Wildman–Crippen LogP) is 2.00. The first-order valence-corrected chi connectivity index (χ1v) is 14.1. The molecule has 3 heterocycles. The van der Waals surface area contributed by atoms with Gasteiger partial charge in [-0.2, -0.15) is 0 Å². The van der Waals surface area contributed by atoms with Gasteiger partial charge in [0, 0.05) is 59.3 Å². The summed E-state index contributed by atoms with van der Waals surface area (Å²) in [5.41, 5.74) is 7.74. The van der Waals surface area contributed by atoms with Crippen LogP contribution in [0.4, 0.5) is 5.69 Å². The van der Waals surface area contributed by atoms with Crippen LogP contribution in [-0.2, 0) is 21.4 Å². The van der Waals surface area contributed by atoms with Gasteiger partial charge in [0.2, 0.25) is 11.8 Å². The number of rotatable bonds is 6.